The molecule has 5 aromatic heterocycles. The molecule has 0 saturated carbocycles. The van der Waals surface area contributed by atoms with Crippen molar-refractivity contribution in [1.82, 2.24) is 34.8 Å². The number of nitrogens with two attached hydrogens (primary N) is 1. The monoisotopic (exact) mass is 556 g/mol. The lowest BCUT2D eigenvalue weighted by Crippen LogP contribution is -2.27. The highest BCUT2D eigenvalue weighted by atomic mass is 16.1. The second-order valence-electron chi connectivity index (χ2n) is 11.1. The lowest BCUT2D eigenvalue weighted by Gasteiger charge is -2.22. The van der Waals surface area contributed by atoms with Gasteiger partial charge in [-0.3, -0.25) is 19.4 Å². The molecule has 0 aliphatic rings. The number of hydrogen-bond donors (Lipinski definition) is 4. The molecule has 0 fully saturated rings. The molecule has 5 heterocycles. The highest BCUT2D eigenvalue weighted by Crippen LogP contribution is 2.31. The van der Waals surface area contributed by atoms with Crippen molar-refractivity contribution in [2.45, 2.75) is 66.5 Å². The number of aryl methyl sites for hydroxylation is 2. The second kappa shape index (κ2) is 14.4. The summed E-state index contributed by atoms with van der Waals surface area (Å²) in [5.41, 5.74) is 10.4. The van der Waals surface area contributed by atoms with Crippen LogP contribution in [0, 0.1) is 20.4 Å². The van der Waals surface area contributed by atoms with Gasteiger partial charge >= 0.3 is 0 Å². The molecule has 0 bridgehead atoms. The zero-order chi connectivity index (χ0) is 30.6. The number of imidazole rings is 1. The van der Waals surface area contributed by atoms with Crippen molar-refractivity contribution in [3.05, 3.63) is 89.6 Å². The van der Waals surface area contributed by atoms with Crippen LogP contribution in [-0.4, -0.2) is 52.1 Å². The van der Waals surface area contributed by atoms with Crippen molar-refractivity contribution < 1.29 is 4.79 Å². The Morgan fingerprint density at radius 1 is 0.976 bits per heavy atom. The van der Waals surface area contributed by atoms with E-state index in [1.807, 2.05) is 70.4 Å². The topological polar surface area (TPSA) is 147 Å². The zero-order valence-corrected chi connectivity index (χ0v) is 25.0. The van der Waals surface area contributed by atoms with Crippen molar-refractivity contribution in [3.63, 3.8) is 0 Å². The number of aldehydes is 1. The molecular formula is C30H40N10O. The number of nitrogens with one attached hydrogen (secondary N) is 3. The van der Waals surface area contributed by atoms with Gasteiger partial charge in [0, 0.05) is 55.7 Å². The molecule has 0 atom stereocenters. The van der Waals surface area contributed by atoms with Crippen molar-refractivity contribution in [3.8, 4) is 11.3 Å². The largest absolute Gasteiger partial charge is 0.384 e. The molecule has 5 N–H and O–H groups in total. The van der Waals surface area contributed by atoms with Crippen molar-refractivity contribution in [1.29, 1.82) is 0 Å². The fourth-order valence-corrected chi connectivity index (χ4v) is 3.10. The molecule has 0 amide bonds. The number of hydrogen-bond acceptors (Lipinski definition) is 7. The number of anilines is 2. The van der Waals surface area contributed by atoms with Gasteiger partial charge in [0.25, 0.3) is 0 Å². The van der Waals surface area contributed by atoms with Crippen LogP contribution in [0.5, 0.6) is 0 Å². The standard InChI is InChI=1S/C15H19N5.C5H6N2O.C5H6N2.C5H9N/c1-10-11(9-16-19-10)13-14(18-15(2,3)4)20-8-6-5-7-12(20)17-13;1-4-5(3-8)2-6-7-4;6-5-3-1-2-4-7-5;1-5(2,3)6-4/h5-9,18H,1-4H3,(H,16,19);2-3H,1H3,(H,6,7);1-4H,(H2,6,7);1-3H3. The van der Waals surface area contributed by atoms with E-state index in [0.717, 1.165) is 40.4 Å². The third-order valence-electron chi connectivity index (χ3n) is 5.13. The lowest BCUT2D eigenvalue weighted by molar-refractivity contribution is 0.112. The first-order chi connectivity index (χ1) is 19.3. The Balaban J connectivity index is 0.000000229. The predicted octanol–water partition coefficient (Wildman–Crippen LogP) is 6.14. The molecule has 0 radical (unpaired) electrons. The summed E-state index contributed by atoms with van der Waals surface area (Å²) in [5, 5.41) is 16.9. The van der Waals surface area contributed by atoms with Crippen LogP contribution < -0.4 is 11.1 Å². The fourth-order valence-electron chi connectivity index (χ4n) is 3.10. The van der Waals surface area contributed by atoms with E-state index < -0.39 is 0 Å². The second-order valence-corrected chi connectivity index (χ2v) is 11.1. The van der Waals surface area contributed by atoms with Crippen molar-refractivity contribution >= 4 is 23.6 Å². The van der Waals surface area contributed by atoms with Gasteiger partial charge in [0.1, 0.15) is 23.0 Å². The molecule has 0 spiro atoms. The Kier molecular flexibility index (Phi) is 11.3. The highest BCUT2D eigenvalue weighted by Gasteiger charge is 2.20. The van der Waals surface area contributed by atoms with E-state index in [4.69, 9.17) is 17.3 Å². The van der Waals surface area contributed by atoms with Gasteiger partial charge < -0.3 is 15.9 Å². The molecule has 0 aliphatic heterocycles. The van der Waals surface area contributed by atoms with Crippen LogP contribution in [0.3, 0.4) is 0 Å². The van der Waals surface area contributed by atoms with Gasteiger partial charge in [-0.2, -0.15) is 10.2 Å². The van der Waals surface area contributed by atoms with Gasteiger partial charge in [0.05, 0.1) is 18.0 Å². The first-order valence-electron chi connectivity index (χ1n) is 13.0. The molecule has 0 aromatic carbocycles. The zero-order valence-electron chi connectivity index (χ0n) is 25.0. The van der Waals surface area contributed by atoms with Crippen LogP contribution in [0.1, 0.15) is 63.3 Å². The summed E-state index contributed by atoms with van der Waals surface area (Å²) in [4.78, 5) is 21.8. The number of fused-ring (bicyclic) bond motifs is 1. The SMILES string of the molecule is Cc1[nH]ncc1-c1nc2ccccn2c1NC(C)(C)C.Cc1[nH]ncc1C=O.Nc1ccccn1.[C-]#[N+]C(C)(C)C. The van der Waals surface area contributed by atoms with Gasteiger partial charge in [0.2, 0.25) is 5.54 Å². The van der Waals surface area contributed by atoms with E-state index in [-0.39, 0.29) is 11.1 Å². The maximum absolute atomic E-state index is 10.0. The quantitative estimate of drug-likeness (QED) is 0.154. The van der Waals surface area contributed by atoms with Gasteiger partial charge in [-0.15, -0.1) is 0 Å². The van der Waals surface area contributed by atoms with Crippen LogP contribution in [0.2, 0.25) is 0 Å². The first kappa shape index (κ1) is 32.2. The van der Waals surface area contributed by atoms with E-state index in [9.17, 15) is 4.79 Å². The third-order valence-corrected chi connectivity index (χ3v) is 5.13. The Morgan fingerprint density at radius 2 is 1.61 bits per heavy atom. The summed E-state index contributed by atoms with van der Waals surface area (Å²) in [6.45, 7) is 22.4. The van der Waals surface area contributed by atoms with Crippen molar-refractivity contribution in [2.24, 2.45) is 0 Å². The van der Waals surface area contributed by atoms with Crippen LogP contribution in [0.15, 0.2) is 61.2 Å². The molecule has 0 saturated heterocycles. The normalized spacial score (nSPS) is 10.6. The van der Waals surface area contributed by atoms with E-state index in [2.05, 4.69) is 60.7 Å². The molecule has 11 heteroatoms. The Hall–Kier alpha value is -4.98. The number of carbonyl (C=O) groups is 1. The number of pyridine rings is 2. The van der Waals surface area contributed by atoms with E-state index in [0.29, 0.717) is 11.4 Å². The number of aromatic amines is 2. The molecule has 11 nitrogen and oxygen atoms in total. The minimum absolute atomic E-state index is 0.0435. The number of aromatic nitrogens is 7. The average Bonchev–Trinajstić information content (AvgIpc) is 3.62. The molecular weight excluding hydrogens is 516 g/mol. The van der Waals surface area contributed by atoms with Crippen LogP contribution in [0.25, 0.3) is 21.7 Å². The minimum atomic E-state index is -0.167. The van der Waals surface area contributed by atoms with Gasteiger partial charge in [0.15, 0.2) is 6.29 Å². The molecule has 5 rings (SSSR count). The smallest absolute Gasteiger partial charge is 0.224 e. The molecule has 0 aliphatic carbocycles. The fraction of sp³-hybridized carbons (Fsp3) is 0.333. The van der Waals surface area contributed by atoms with Crippen molar-refractivity contribution in [2.75, 3.05) is 11.1 Å². The lowest BCUT2D eigenvalue weighted by atomic mass is 10.1. The summed E-state index contributed by atoms with van der Waals surface area (Å²) in [5.74, 6) is 1.57. The Bertz CT molecular complexity index is 1540. The van der Waals surface area contributed by atoms with E-state index >= 15 is 0 Å². The van der Waals surface area contributed by atoms with E-state index in [1.54, 1.807) is 19.2 Å². The molecule has 216 valence electrons. The summed E-state index contributed by atoms with van der Waals surface area (Å²) in [7, 11) is 0. The molecule has 5 aromatic rings. The van der Waals surface area contributed by atoms with Gasteiger partial charge in [-0.1, -0.05) is 12.1 Å². The maximum atomic E-state index is 10.0. The summed E-state index contributed by atoms with van der Waals surface area (Å²) < 4.78 is 2.08. The molecule has 41 heavy (non-hydrogen) atoms. The number of carbonyl (C=O) groups excluding carboxylic acids is 1. The van der Waals surface area contributed by atoms with Crippen LogP contribution >= 0.6 is 0 Å². The number of nitrogen functional groups attached to an aromatic ring is 1. The highest BCUT2D eigenvalue weighted by molar-refractivity contribution is 5.78. The third kappa shape index (κ3) is 10.6. The number of rotatable bonds is 3. The van der Waals surface area contributed by atoms with Crippen LogP contribution in [0.4, 0.5) is 11.6 Å². The Morgan fingerprint density at radius 3 is 2.02 bits per heavy atom. The minimum Gasteiger partial charge on any atom is -0.384 e. The first-order valence-corrected chi connectivity index (χ1v) is 13.0. The van der Waals surface area contributed by atoms with E-state index in [1.165, 1.54) is 6.20 Å². The van der Waals surface area contributed by atoms with Gasteiger partial charge in [-0.25, -0.2) is 16.5 Å². The predicted molar refractivity (Wildman–Crippen MR) is 165 cm³/mol. The average molecular weight is 557 g/mol. The summed E-state index contributed by atoms with van der Waals surface area (Å²) in [6.07, 6.45) is 7.79. The number of H-pyrrole nitrogens is 2. The van der Waals surface area contributed by atoms with Crippen LogP contribution in [-0.2, 0) is 0 Å². The maximum Gasteiger partial charge on any atom is 0.224 e. The Labute approximate surface area is 241 Å². The molecule has 0 unspecified atom stereocenters. The summed E-state index contributed by atoms with van der Waals surface area (Å²) in [6, 6.07) is 11.4. The summed E-state index contributed by atoms with van der Waals surface area (Å²) >= 11 is 0. The van der Waals surface area contributed by atoms with Gasteiger partial charge in [-0.05, 0) is 58.9 Å². The number of nitrogens with zero attached hydrogens (tertiary/aromatic N) is 6.